The summed E-state index contributed by atoms with van der Waals surface area (Å²) in [6, 6.07) is 23.2. The Hall–Kier alpha value is -4.35. The van der Waals surface area contributed by atoms with Crippen molar-refractivity contribution in [3.8, 4) is 17.5 Å². The minimum Gasteiger partial charge on any atom is -0.357 e. The predicted octanol–water partition coefficient (Wildman–Crippen LogP) is 4.51. The molecule has 0 amide bonds. The molecule has 0 saturated carbocycles. The summed E-state index contributed by atoms with van der Waals surface area (Å²) in [5.41, 5.74) is 6.52. The number of benzene rings is 3. The molecule has 0 saturated heterocycles. The molecule has 1 aliphatic heterocycles. The van der Waals surface area contributed by atoms with Crippen LogP contribution in [0.3, 0.4) is 0 Å². The zero-order valence-corrected chi connectivity index (χ0v) is 18.2. The number of rotatable bonds is 4. The van der Waals surface area contributed by atoms with E-state index in [1.165, 1.54) is 17.0 Å². The maximum absolute atomic E-state index is 14.7. The molecule has 3 heterocycles. The van der Waals surface area contributed by atoms with E-state index in [4.69, 9.17) is 5.26 Å². The fourth-order valence-corrected chi connectivity index (χ4v) is 4.92. The molecule has 5 aromatic rings. The number of H-pyrrole nitrogens is 2. The molecule has 0 spiro atoms. The minimum atomic E-state index is -0.392. The molecule has 0 aliphatic carbocycles. The van der Waals surface area contributed by atoms with Gasteiger partial charge in [0.1, 0.15) is 5.82 Å². The molecule has 0 bridgehead atoms. The van der Waals surface area contributed by atoms with Crippen molar-refractivity contribution in [3.63, 3.8) is 0 Å². The number of nitriles is 1. The number of tetrazole rings is 1. The Kier molecular flexibility index (Phi) is 4.90. The van der Waals surface area contributed by atoms with Crippen LogP contribution >= 0.6 is 0 Å². The van der Waals surface area contributed by atoms with E-state index in [0.717, 1.165) is 35.3 Å². The highest BCUT2D eigenvalue weighted by Gasteiger charge is 2.32. The maximum atomic E-state index is 14.7. The van der Waals surface area contributed by atoms with Gasteiger partial charge in [0.15, 0.2) is 0 Å². The molecule has 166 valence electrons. The van der Waals surface area contributed by atoms with Crippen LogP contribution in [0.4, 0.5) is 4.39 Å². The minimum absolute atomic E-state index is 0.113. The number of hydrogen-bond acceptors (Lipinski definition) is 5. The highest BCUT2D eigenvalue weighted by atomic mass is 19.1. The highest BCUT2D eigenvalue weighted by molar-refractivity contribution is 5.85. The highest BCUT2D eigenvalue weighted by Crippen LogP contribution is 2.40. The van der Waals surface area contributed by atoms with Crippen molar-refractivity contribution in [2.24, 2.45) is 0 Å². The van der Waals surface area contributed by atoms with Gasteiger partial charge in [0.2, 0.25) is 5.82 Å². The van der Waals surface area contributed by atoms with E-state index in [1.807, 2.05) is 42.5 Å². The first-order chi connectivity index (χ1) is 16.7. The summed E-state index contributed by atoms with van der Waals surface area (Å²) < 4.78 is 14.7. The third kappa shape index (κ3) is 3.43. The van der Waals surface area contributed by atoms with Gasteiger partial charge in [-0.05, 0) is 58.7 Å². The summed E-state index contributed by atoms with van der Waals surface area (Å²) >= 11 is 0. The van der Waals surface area contributed by atoms with Gasteiger partial charge >= 0.3 is 0 Å². The van der Waals surface area contributed by atoms with Gasteiger partial charge in [-0.25, -0.2) is 4.39 Å². The number of aromatic nitrogens is 5. The van der Waals surface area contributed by atoms with Gasteiger partial charge in [0.05, 0.1) is 23.2 Å². The second kappa shape index (κ2) is 8.21. The molecule has 2 N–H and O–H groups in total. The van der Waals surface area contributed by atoms with Crippen LogP contribution in [0.5, 0.6) is 0 Å². The molecule has 8 heteroatoms. The molecule has 1 unspecified atom stereocenters. The van der Waals surface area contributed by atoms with Crippen molar-refractivity contribution in [1.82, 2.24) is 30.5 Å². The van der Waals surface area contributed by atoms with Crippen molar-refractivity contribution in [2.45, 2.75) is 19.0 Å². The van der Waals surface area contributed by atoms with Crippen LogP contribution < -0.4 is 0 Å². The van der Waals surface area contributed by atoms with Gasteiger partial charge < -0.3 is 4.98 Å². The molecule has 0 radical (unpaired) electrons. The first-order valence-electron chi connectivity index (χ1n) is 11.1. The van der Waals surface area contributed by atoms with Gasteiger partial charge in [-0.3, -0.25) is 4.90 Å². The largest absolute Gasteiger partial charge is 0.357 e. The lowest BCUT2D eigenvalue weighted by Crippen LogP contribution is -2.35. The number of halogens is 1. The van der Waals surface area contributed by atoms with E-state index in [0.29, 0.717) is 17.7 Å². The number of nitrogens with zero attached hydrogens (tertiary/aromatic N) is 5. The first-order valence-corrected chi connectivity index (χ1v) is 11.1. The molecular weight excluding hydrogens is 429 g/mol. The van der Waals surface area contributed by atoms with Crippen molar-refractivity contribution < 1.29 is 4.39 Å². The Morgan fingerprint density at radius 2 is 1.94 bits per heavy atom. The first kappa shape index (κ1) is 20.3. The Bertz CT molecular complexity index is 1510. The summed E-state index contributed by atoms with van der Waals surface area (Å²) in [5.74, 6) is -0.165. The second-order valence-corrected chi connectivity index (χ2v) is 8.47. The van der Waals surface area contributed by atoms with Gasteiger partial charge in [-0.1, -0.05) is 36.4 Å². The third-order valence-electron chi connectivity index (χ3n) is 6.50. The van der Waals surface area contributed by atoms with Gasteiger partial charge in [0.25, 0.3) is 0 Å². The number of hydrogen-bond donors (Lipinski definition) is 2. The summed E-state index contributed by atoms with van der Waals surface area (Å²) in [6.45, 7) is 1.54. The standard InChI is InChI=1S/C26H20FN7/c27-22-10-9-18(13-21(22)26-30-32-33-31-26)25-24-20(19-3-1-2-4-23(19)29-24)11-12-34(25)15-17-7-5-16(14-28)6-8-17/h1-10,13,25,29H,11-12,15H2,(H,30,31,32,33). The van der Waals surface area contributed by atoms with Gasteiger partial charge in [0, 0.05) is 29.7 Å². The molecule has 6 rings (SSSR count). The maximum Gasteiger partial charge on any atom is 0.207 e. The average Bonchev–Trinajstić information content (AvgIpc) is 3.53. The topological polar surface area (TPSA) is 97.3 Å². The van der Waals surface area contributed by atoms with Crippen molar-refractivity contribution in [1.29, 1.82) is 5.26 Å². The quantitative estimate of drug-likeness (QED) is 0.421. The Balaban J connectivity index is 1.47. The van der Waals surface area contributed by atoms with Crippen LogP contribution in [0.15, 0.2) is 66.7 Å². The molecule has 1 atom stereocenters. The number of aromatic amines is 2. The van der Waals surface area contributed by atoms with Crippen molar-refractivity contribution in [3.05, 3.63) is 100 Å². The van der Waals surface area contributed by atoms with Gasteiger partial charge in [-0.2, -0.15) is 10.5 Å². The molecule has 1 aliphatic rings. The molecule has 34 heavy (non-hydrogen) atoms. The monoisotopic (exact) mass is 449 g/mol. The number of fused-ring (bicyclic) bond motifs is 3. The van der Waals surface area contributed by atoms with Crippen LogP contribution in [0.2, 0.25) is 0 Å². The summed E-state index contributed by atoms with van der Waals surface area (Å²) in [6.07, 6.45) is 0.908. The van der Waals surface area contributed by atoms with E-state index in [9.17, 15) is 4.39 Å². The molecular formula is C26H20FN7. The lowest BCUT2D eigenvalue weighted by Gasteiger charge is -2.36. The van der Waals surface area contributed by atoms with Crippen LogP contribution in [-0.2, 0) is 13.0 Å². The zero-order valence-electron chi connectivity index (χ0n) is 18.2. The molecule has 2 aromatic heterocycles. The Morgan fingerprint density at radius 3 is 2.74 bits per heavy atom. The van der Waals surface area contributed by atoms with E-state index < -0.39 is 5.82 Å². The van der Waals surface area contributed by atoms with E-state index >= 15 is 0 Å². The predicted molar refractivity (Wildman–Crippen MR) is 125 cm³/mol. The molecule has 3 aromatic carbocycles. The van der Waals surface area contributed by atoms with E-state index in [1.54, 1.807) is 0 Å². The van der Waals surface area contributed by atoms with Crippen molar-refractivity contribution in [2.75, 3.05) is 6.54 Å². The van der Waals surface area contributed by atoms with Crippen molar-refractivity contribution >= 4 is 10.9 Å². The lowest BCUT2D eigenvalue weighted by atomic mass is 9.91. The number of para-hydroxylation sites is 1. The second-order valence-electron chi connectivity index (χ2n) is 8.47. The fraction of sp³-hybridized carbons (Fsp3) is 0.154. The van der Waals surface area contributed by atoms with E-state index in [-0.39, 0.29) is 11.9 Å². The SMILES string of the molecule is N#Cc1ccc(CN2CCc3c([nH]c4ccccc34)C2c2ccc(F)c(-c3nn[nH]n3)c2)cc1. The van der Waals surface area contributed by atoms with Gasteiger partial charge in [-0.15, -0.1) is 10.2 Å². The smallest absolute Gasteiger partial charge is 0.207 e. The van der Waals surface area contributed by atoms with Crippen LogP contribution in [-0.4, -0.2) is 37.1 Å². The average molecular weight is 449 g/mol. The normalized spacial score (nSPS) is 15.8. The number of nitrogens with one attached hydrogen (secondary N) is 2. The summed E-state index contributed by atoms with van der Waals surface area (Å²) in [7, 11) is 0. The summed E-state index contributed by atoms with van der Waals surface area (Å²) in [4.78, 5) is 6.02. The zero-order chi connectivity index (χ0) is 23.1. The van der Waals surface area contributed by atoms with Crippen LogP contribution in [0.1, 0.15) is 34.0 Å². The van der Waals surface area contributed by atoms with Crippen LogP contribution in [0.25, 0.3) is 22.3 Å². The van der Waals surface area contributed by atoms with Crippen LogP contribution in [0, 0.1) is 17.1 Å². The Morgan fingerprint density at radius 1 is 1.09 bits per heavy atom. The summed E-state index contributed by atoms with van der Waals surface area (Å²) in [5, 5.41) is 24.3. The molecule has 0 fully saturated rings. The lowest BCUT2D eigenvalue weighted by molar-refractivity contribution is 0.202. The van der Waals surface area contributed by atoms with E-state index in [2.05, 4.69) is 54.8 Å². The Labute approximate surface area is 194 Å². The molecule has 7 nitrogen and oxygen atoms in total. The third-order valence-corrected chi connectivity index (χ3v) is 6.50. The fourth-order valence-electron chi connectivity index (χ4n) is 4.92.